The molecule has 0 aliphatic rings. The minimum atomic E-state index is -0.315. The van der Waals surface area contributed by atoms with Crippen LogP contribution >= 0.6 is 0 Å². The Morgan fingerprint density at radius 2 is 1.80 bits per heavy atom. The van der Waals surface area contributed by atoms with Crippen LogP contribution < -0.4 is 0 Å². The lowest BCUT2D eigenvalue weighted by atomic mass is 10.4. The molecule has 3 rings (SSSR count). The zero-order chi connectivity index (χ0) is 19.1. The lowest BCUT2D eigenvalue weighted by Gasteiger charge is -2.11. The van der Waals surface area contributed by atoms with E-state index in [1.807, 2.05) is 34.1 Å². The molecule has 4 N–H and O–H groups in total. The predicted molar refractivity (Wildman–Crippen MR) is 100.0 cm³/mol. The molecule has 140 valence electrons. The molecule has 1 atom stereocenters. The SMILES string of the molecule is CC(O)N(C)C.CCc1cnc(C)[nH]1.Cc1ncc[nH]1.c1c[nH]cn1. The van der Waals surface area contributed by atoms with Crippen LogP contribution in [0.1, 0.15) is 31.2 Å². The van der Waals surface area contributed by atoms with Gasteiger partial charge in [0.15, 0.2) is 0 Å². The topological polar surface area (TPSA) is 110 Å². The van der Waals surface area contributed by atoms with E-state index < -0.39 is 0 Å². The number of aliphatic hydroxyl groups is 1. The van der Waals surface area contributed by atoms with Crippen molar-refractivity contribution < 1.29 is 5.11 Å². The van der Waals surface area contributed by atoms with Crippen LogP contribution in [0.3, 0.4) is 0 Å². The van der Waals surface area contributed by atoms with Crippen molar-refractivity contribution in [3.05, 3.63) is 54.7 Å². The summed E-state index contributed by atoms with van der Waals surface area (Å²) in [5.74, 6) is 1.97. The van der Waals surface area contributed by atoms with Crippen molar-refractivity contribution in [1.82, 2.24) is 34.8 Å². The minimum Gasteiger partial charge on any atom is -0.379 e. The highest BCUT2D eigenvalue weighted by Gasteiger charge is 1.92. The molecule has 0 aliphatic carbocycles. The molecule has 25 heavy (non-hydrogen) atoms. The second-order valence-electron chi connectivity index (χ2n) is 5.38. The largest absolute Gasteiger partial charge is 0.379 e. The first-order valence-corrected chi connectivity index (χ1v) is 8.10. The monoisotopic (exact) mass is 349 g/mol. The number of aryl methyl sites for hydroxylation is 3. The molecular formula is C17H31N7O. The van der Waals surface area contributed by atoms with Gasteiger partial charge in [-0.2, -0.15) is 0 Å². The van der Waals surface area contributed by atoms with Gasteiger partial charge < -0.3 is 20.1 Å². The summed E-state index contributed by atoms with van der Waals surface area (Å²) in [5, 5.41) is 8.56. The Balaban J connectivity index is 0.000000312. The van der Waals surface area contributed by atoms with Gasteiger partial charge in [-0.3, -0.25) is 4.90 Å². The van der Waals surface area contributed by atoms with Crippen LogP contribution in [-0.4, -0.2) is 60.2 Å². The summed E-state index contributed by atoms with van der Waals surface area (Å²) in [5.41, 5.74) is 1.21. The predicted octanol–water partition coefficient (Wildman–Crippen LogP) is 2.29. The van der Waals surface area contributed by atoms with Crippen LogP contribution in [0.15, 0.2) is 37.3 Å². The molecule has 0 saturated heterocycles. The third-order valence-electron chi connectivity index (χ3n) is 2.92. The Kier molecular flexibility index (Phi) is 12.6. The number of nitrogens with zero attached hydrogens (tertiary/aromatic N) is 4. The number of aliphatic hydroxyl groups excluding tert-OH is 1. The highest BCUT2D eigenvalue weighted by atomic mass is 16.3. The number of aromatic nitrogens is 6. The third kappa shape index (κ3) is 13.7. The van der Waals surface area contributed by atoms with Crippen molar-refractivity contribution in [1.29, 1.82) is 0 Å². The maximum absolute atomic E-state index is 8.56. The number of nitrogens with one attached hydrogen (secondary N) is 3. The average Bonchev–Trinajstić information content (AvgIpc) is 3.32. The molecule has 8 nitrogen and oxygen atoms in total. The maximum atomic E-state index is 8.56. The van der Waals surface area contributed by atoms with E-state index in [1.54, 1.807) is 42.9 Å². The highest BCUT2D eigenvalue weighted by Crippen LogP contribution is 1.94. The quantitative estimate of drug-likeness (QED) is 0.531. The van der Waals surface area contributed by atoms with Gasteiger partial charge in [-0.1, -0.05) is 6.92 Å². The average molecular weight is 349 g/mol. The Morgan fingerprint density at radius 1 is 1.12 bits per heavy atom. The normalized spacial score (nSPS) is 10.6. The van der Waals surface area contributed by atoms with Crippen molar-refractivity contribution in [2.75, 3.05) is 14.1 Å². The summed E-state index contributed by atoms with van der Waals surface area (Å²) in [4.78, 5) is 22.0. The number of aromatic amines is 3. The Morgan fingerprint density at radius 3 is 1.96 bits per heavy atom. The molecule has 8 heteroatoms. The fourth-order valence-corrected chi connectivity index (χ4v) is 1.21. The maximum Gasteiger partial charge on any atom is 0.104 e. The Labute approximate surface area is 149 Å². The van der Waals surface area contributed by atoms with Crippen LogP contribution in [0, 0.1) is 13.8 Å². The number of hydrogen-bond acceptors (Lipinski definition) is 5. The van der Waals surface area contributed by atoms with Crippen molar-refractivity contribution in [2.24, 2.45) is 0 Å². The summed E-state index contributed by atoms with van der Waals surface area (Å²) in [6.07, 6.45) is 11.2. The highest BCUT2D eigenvalue weighted by molar-refractivity contribution is 4.98. The van der Waals surface area contributed by atoms with Crippen LogP contribution in [0.5, 0.6) is 0 Å². The summed E-state index contributed by atoms with van der Waals surface area (Å²) in [6.45, 7) is 7.70. The first-order chi connectivity index (χ1) is 11.9. The first-order valence-electron chi connectivity index (χ1n) is 8.10. The second kappa shape index (κ2) is 13.9. The zero-order valence-corrected chi connectivity index (χ0v) is 16.0. The molecule has 0 aliphatic heterocycles. The molecule has 3 aromatic heterocycles. The molecule has 0 spiro atoms. The number of hydrogen-bond donors (Lipinski definition) is 4. The van der Waals surface area contributed by atoms with Crippen molar-refractivity contribution in [3.63, 3.8) is 0 Å². The first kappa shape index (κ1) is 22.6. The van der Waals surface area contributed by atoms with E-state index >= 15 is 0 Å². The molecule has 3 heterocycles. The Hall–Kier alpha value is -2.45. The van der Waals surface area contributed by atoms with Crippen molar-refractivity contribution >= 4 is 0 Å². The number of rotatable bonds is 2. The fourth-order valence-electron chi connectivity index (χ4n) is 1.21. The van der Waals surface area contributed by atoms with Crippen molar-refractivity contribution in [2.45, 2.75) is 40.3 Å². The van der Waals surface area contributed by atoms with Gasteiger partial charge in [-0.25, -0.2) is 15.0 Å². The number of H-pyrrole nitrogens is 3. The van der Waals surface area contributed by atoms with E-state index in [2.05, 4.69) is 36.8 Å². The molecule has 0 bridgehead atoms. The smallest absolute Gasteiger partial charge is 0.104 e. The molecule has 0 aromatic carbocycles. The van der Waals surface area contributed by atoms with Gasteiger partial charge in [0, 0.05) is 36.7 Å². The van der Waals surface area contributed by atoms with Gasteiger partial charge in [-0.15, -0.1) is 0 Å². The van der Waals surface area contributed by atoms with Gasteiger partial charge in [0.05, 0.1) is 6.33 Å². The summed E-state index contributed by atoms with van der Waals surface area (Å²) >= 11 is 0. The number of imidazole rings is 3. The van der Waals surface area contributed by atoms with Gasteiger partial charge in [0.2, 0.25) is 0 Å². The van der Waals surface area contributed by atoms with E-state index in [1.165, 1.54) is 5.69 Å². The van der Waals surface area contributed by atoms with Gasteiger partial charge in [-0.05, 0) is 41.3 Å². The Bertz CT molecular complexity index is 578. The van der Waals surface area contributed by atoms with Crippen LogP contribution in [0.25, 0.3) is 0 Å². The van der Waals surface area contributed by atoms with Gasteiger partial charge >= 0.3 is 0 Å². The molecular weight excluding hydrogens is 318 g/mol. The van der Waals surface area contributed by atoms with E-state index in [4.69, 9.17) is 5.11 Å². The standard InChI is InChI=1S/C6H10N2.C4H6N2.C4H11NO.C3H4N2/c1-3-6-4-7-5(2)8-6;1-4-5-2-3-6-4;1-4(6)5(2)3;1-2-5-3-4-1/h4H,3H2,1-2H3,(H,7,8);2-3H,1H3,(H,5,6);4,6H,1-3H3;1-3H,(H,4,5). The minimum absolute atomic E-state index is 0.315. The summed E-state index contributed by atoms with van der Waals surface area (Å²) in [7, 11) is 3.65. The molecule has 0 radical (unpaired) electrons. The summed E-state index contributed by atoms with van der Waals surface area (Å²) in [6, 6.07) is 0. The molecule has 0 saturated carbocycles. The lowest BCUT2D eigenvalue weighted by Crippen LogP contribution is -2.23. The van der Waals surface area contributed by atoms with E-state index in [0.29, 0.717) is 0 Å². The van der Waals surface area contributed by atoms with Gasteiger partial charge in [0.1, 0.15) is 17.9 Å². The van der Waals surface area contributed by atoms with Crippen LogP contribution in [0.2, 0.25) is 0 Å². The van der Waals surface area contributed by atoms with Crippen molar-refractivity contribution in [3.8, 4) is 0 Å². The molecule has 3 aromatic rings. The van der Waals surface area contributed by atoms with Crippen LogP contribution in [-0.2, 0) is 6.42 Å². The van der Waals surface area contributed by atoms with Crippen LogP contribution in [0.4, 0.5) is 0 Å². The molecule has 0 amide bonds. The molecule has 1 unspecified atom stereocenters. The van der Waals surface area contributed by atoms with E-state index in [9.17, 15) is 0 Å². The van der Waals surface area contributed by atoms with E-state index in [0.717, 1.165) is 18.1 Å². The van der Waals surface area contributed by atoms with Gasteiger partial charge in [0.25, 0.3) is 0 Å². The lowest BCUT2D eigenvalue weighted by molar-refractivity contribution is 0.0578. The second-order valence-corrected chi connectivity index (χ2v) is 5.38. The fraction of sp³-hybridized carbons (Fsp3) is 0.471. The molecule has 0 fully saturated rings. The third-order valence-corrected chi connectivity index (χ3v) is 2.92. The van der Waals surface area contributed by atoms with E-state index in [-0.39, 0.29) is 6.23 Å². The zero-order valence-electron chi connectivity index (χ0n) is 16.0. The summed E-state index contributed by atoms with van der Waals surface area (Å²) < 4.78 is 0.